The first-order valence-corrected chi connectivity index (χ1v) is 9.91. The summed E-state index contributed by atoms with van der Waals surface area (Å²) >= 11 is 6.29. The molecule has 2 amide bonds. The summed E-state index contributed by atoms with van der Waals surface area (Å²) in [5.41, 5.74) is 3.06. The molecule has 2 N–H and O–H groups in total. The van der Waals surface area contributed by atoms with Crippen LogP contribution in [0.2, 0.25) is 5.02 Å². The molecule has 0 atom stereocenters. The zero-order valence-corrected chi connectivity index (χ0v) is 16.6. The molecule has 0 fully saturated rings. The summed E-state index contributed by atoms with van der Waals surface area (Å²) in [6.45, 7) is 0.985. The van der Waals surface area contributed by atoms with Gasteiger partial charge >= 0.3 is 6.03 Å². The van der Waals surface area contributed by atoms with E-state index in [4.69, 9.17) is 16.0 Å². The van der Waals surface area contributed by atoms with Crippen molar-refractivity contribution in [3.8, 4) is 11.3 Å². The second-order valence-corrected chi connectivity index (χ2v) is 7.50. The number of halogens is 1. The summed E-state index contributed by atoms with van der Waals surface area (Å²) in [6, 6.07) is 12.5. The molecule has 0 unspecified atom stereocenters. The van der Waals surface area contributed by atoms with E-state index in [0.717, 1.165) is 11.3 Å². The van der Waals surface area contributed by atoms with Crippen molar-refractivity contribution in [2.75, 3.05) is 6.54 Å². The molecule has 9 heteroatoms. The smallest absolute Gasteiger partial charge is 0.318 e. The first kappa shape index (κ1) is 18.5. The number of rotatable bonds is 3. The van der Waals surface area contributed by atoms with Crippen molar-refractivity contribution >= 4 is 23.3 Å². The molecule has 5 rings (SSSR count). The van der Waals surface area contributed by atoms with Crippen molar-refractivity contribution in [3.63, 3.8) is 0 Å². The van der Waals surface area contributed by atoms with Crippen LogP contribution in [0.1, 0.15) is 17.0 Å². The Morgan fingerprint density at radius 1 is 1.27 bits per heavy atom. The van der Waals surface area contributed by atoms with E-state index >= 15 is 0 Å². The minimum Gasteiger partial charge on any atom is -0.467 e. The average Bonchev–Trinajstić information content (AvgIpc) is 3.42. The molecule has 4 heterocycles. The molecule has 30 heavy (non-hydrogen) atoms. The lowest BCUT2D eigenvalue weighted by Crippen LogP contribution is -2.44. The number of amides is 2. The highest BCUT2D eigenvalue weighted by molar-refractivity contribution is 6.33. The van der Waals surface area contributed by atoms with E-state index in [2.05, 4.69) is 15.4 Å². The minimum atomic E-state index is -0.246. The van der Waals surface area contributed by atoms with E-state index in [0.29, 0.717) is 47.2 Å². The number of carbonyl (C=O) groups is 1. The maximum absolute atomic E-state index is 13.1. The molecule has 0 aliphatic carbocycles. The Kier molecular flexibility index (Phi) is 4.55. The molecule has 0 radical (unpaired) electrons. The van der Waals surface area contributed by atoms with Gasteiger partial charge in [0.15, 0.2) is 5.65 Å². The van der Waals surface area contributed by atoms with Crippen molar-refractivity contribution in [2.24, 2.45) is 0 Å². The lowest BCUT2D eigenvalue weighted by Gasteiger charge is -2.27. The quantitative estimate of drug-likeness (QED) is 0.529. The highest BCUT2D eigenvalue weighted by atomic mass is 35.5. The van der Waals surface area contributed by atoms with Crippen LogP contribution < -0.4 is 10.9 Å². The number of fused-ring (bicyclic) bond motifs is 2. The Balaban J connectivity index is 1.43. The fraction of sp³-hybridized carbons (Fsp3) is 0.190. The molecule has 152 valence electrons. The summed E-state index contributed by atoms with van der Waals surface area (Å²) in [6.07, 6.45) is 2.07. The number of aromatic nitrogens is 3. The summed E-state index contributed by atoms with van der Waals surface area (Å²) in [5.74, 6) is 0.669. The van der Waals surface area contributed by atoms with Crippen LogP contribution in [0.15, 0.2) is 57.9 Å². The molecular weight excluding hydrogens is 406 g/mol. The van der Waals surface area contributed by atoms with Crippen molar-refractivity contribution in [1.29, 1.82) is 0 Å². The van der Waals surface area contributed by atoms with Crippen LogP contribution in [0.4, 0.5) is 4.79 Å². The predicted molar refractivity (Wildman–Crippen MR) is 111 cm³/mol. The molecule has 4 aromatic rings. The van der Waals surface area contributed by atoms with Gasteiger partial charge in [-0.25, -0.2) is 14.3 Å². The average molecular weight is 424 g/mol. The number of aromatic amines is 1. The number of nitrogens with one attached hydrogen (secondary N) is 2. The van der Waals surface area contributed by atoms with Crippen LogP contribution in [0.25, 0.3) is 16.9 Å². The van der Waals surface area contributed by atoms with Crippen LogP contribution in [0.5, 0.6) is 0 Å². The molecule has 1 aliphatic rings. The summed E-state index contributed by atoms with van der Waals surface area (Å²) < 4.78 is 6.64. The van der Waals surface area contributed by atoms with E-state index in [9.17, 15) is 9.59 Å². The highest BCUT2D eigenvalue weighted by Crippen LogP contribution is 2.27. The Morgan fingerprint density at radius 3 is 2.93 bits per heavy atom. The highest BCUT2D eigenvalue weighted by Gasteiger charge is 2.25. The monoisotopic (exact) mass is 423 g/mol. The van der Waals surface area contributed by atoms with E-state index in [1.54, 1.807) is 29.4 Å². The van der Waals surface area contributed by atoms with E-state index in [1.807, 2.05) is 24.3 Å². The number of urea groups is 1. The predicted octanol–water partition coefficient (Wildman–Crippen LogP) is 3.20. The van der Waals surface area contributed by atoms with Crippen molar-refractivity contribution in [3.05, 3.63) is 81.1 Å². The first-order chi connectivity index (χ1) is 14.6. The van der Waals surface area contributed by atoms with Crippen LogP contribution in [0.3, 0.4) is 0 Å². The number of carbonyl (C=O) groups excluding carboxylic acids is 1. The zero-order valence-electron chi connectivity index (χ0n) is 15.9. The Labute approximate surface area is 176 Å². The maximum Gasteiger partial charge on any atom is 0.318 e. The molecule has 1 aliphatic heterocycles. The first-order valence-electron chi connectivity index (χ1n) is 9.54. The second kappa shape index (κ2) is 7.38. The SMILES string of the molecule is O=C(NCc1ccco1)N1CCc2nc3cc(-c4ccccc4Cl)[nH]n3c(=O)c2C1. The van der Waals surface area contributed by atoms with Gasteiger partial charge in [-0.05, 0) is 18.2 Å². The Bertz CT molecular complexity index is 1290. The van der Waals surface area contributed by atoms with E-state index in [1.165, 1.54) is 4.52 Å². The molecular formula is C21H18ClN5O3. The lowest BCUT2D eigenvalue weighted by atomic mass is 10.1. The maximum atomic E-state index is 13.1. The van der Waals surface area contributed by atoms with Gasteiger partial charge in [0.05, 0.1) is 36.3 Å². The topological polar surface area (TPSA) is 95.6 Å². The van der Waals surface area contributed by atoms with Crippen LogP contribution in [-0.2, 0) is 19.5 Å². The fourth-order valence-electron chi connectivity index (χ4n) is 3.66. The summed E-state index contributed by atoms with van der Waals surface area (Å²) in [7, 11) is 0. The van der Waals surface area contributed by atoms with Gasteiger partial charge in [-0.2, -0.15) is 0 Å². The number of H-pyrrole nitrogens is 1. The standard InChI is InChI=1S/C21H18ClN5O3/c22-16-6-2-1-5-14(16)18-10-19-24-17-7-8-26(12-15(17)20(28)27(19)25-18)21(29)23-11-13-4-3-9-30-13/h1-6,9-10,25H,7-8,11-12H2,(H,23,29). The van der Waals surface area contributed by atoms with Gasteiger partial charge in [0.2, 0.25) is 0 Å². The third-order valence-electron chi connectivity index (χ3n) is 5.21. The normalized spacial score (nSPS) is 13.4. The largest absolute Gasteiger partial charge is 0.467 e. The lowest BCUT2D eigenvalue weighted by molar-refractivity contribution is 0.190. The van der Waals surface area contributed by atoms with Gasteiger partial charge in [0.25, 0.3) is 5.56 Å². The van der Waals surface area contributed by atoms with Gasteiger partial charge in [-0.1, -0.05) is 29.8 Å². The molecule has 1 aromatic carbocycles. The molecule has 8 nitrogen and oxygen atoms in total. The molecule has 0 bridgehead atoms. The minimum absolute atomic E-state index is 0.203. The third kappa shape index (κ3) is 3.25. The summed E-state index contributed by atoms with van der Waals surface area (Å²) in [5, 5.41) is 6.48. The van der Waals surface area contributed by atoms with Crippen LogP contribution in [-0.4, -0.2) is 32.1 Å². The molecule has 0 spiro atoms. The van der Waals surface area contributed by atoms with Gasteiger partial charge in [0, 0.05) is 29.6 Å². The summed E-state index contributed by atoms with van der Waals surface area (Å²) in [4.78, 5) is 31.9. The van der Waals surface area contributed by atoms with Crippen molar-refractivity contribution < 1.29 is 9.21 Å². The Hall–Kier alpha value is -3.52. The number of hydrogen-bond acceptors (Lipinski definition) is 4. The number of benzene rings is 1. The van der Waals surface area contributed by atoms with Gasteiger partial charge in [-0.15, -0.1) is 0 Å². The van der Waals surface area contributed by atoms with Gasteiger partial charge < -0.3 is 14.6 Å². The molecule has 0 saturated heterocycles. The Morgan fingerprint density at radius 2 is 2.13 bits per heavy atom. The fourth-order valence-corrected chi connectivity index (χ4v) is 3.90. The number of furan rings is 1. The third-order valence-corrected chi connectivity index (χ3v) is 5.54. The van der Waals surface area contributed by atoms with Crippen LogP contribution >= 0.6 is 11.6 Å². The van der Waals surface area contributed by atoms with Gasteiger partial charge in [0.1, 0.15) is 5.76 Å². The van der Waals surface area contributed by atoms with Crippen molar-refractivity contribution in [1.82, 2.24) is 24.8 Å². The van der Waals surface area contributed by atoms with Gasteiger partial charge in [-0.3, -0.25) is 9.89 Å². The van der Waals surface area contributed by atoms with E-state index in [-0.39, 0.29) is 18.1 Å². The molecule has 0 saturated carbocycles. The van der Waals surface area contributed by atoms with Crippen molar-refractivity contribution in [2.45, 2.75) is 19.5 Å². The van der Waals surface area contributed by atoms with Crippen LogP contribution in [0, 0.1) is 0 Å². The van der Waals surface area contributed by atoms with E-state index < -0.39 is 0 Å². The number of nitrogens with zero attached hydrogens (tertiary/aromatic N) is 3. The number of hydrogen-bond donors (Lipinski definition) is 2. The molecule has 3 aromatic heterocycles. The second-order valence-electron chi connectivity index (χ2n) is 7.10. The zero-order chi connectivity index (χ0) is 20.7.